The molecule has 82 valence electrons. The summed E-state index contributed by atoms with van der Waals surface area (Å²) in [6.07, 6.45) is 6.96. The zero-order chi connectivity index (χ0) is 11.8. The van der Waals surface area contributed by atoms with E-state index >= 15 is 0 Å². The van der Waals surface area contributed by atoms with E-state index in [0.29, 0.717) is 0 Å². The van der Waals surface area contributed by atoms with Gasteiger partial charge in [0.1, 0.15) is 0 Å². The molecule has 0 bridgehead atoms. The third-order valence-electron chi connectivity index (χ3n) is 1.84. The van der Waals surface area contributed by atoms with Crippen molar-refractivity contribution in [2.75, 3.05) is 0 Å². The van der Waals surface area contributed by atoms with Gasteiger partial charge in [-0.2, -0.15) is 0 Å². The molecule has 0 saturated heterocycles. The van der Waals surface area contributed by atoms with Gasteiger partial charge in [0.15, 0.2) is 0 Å². The standard InChI is InChI=1S/C14H8IN2/c1(13-3-9-16-10-4-13)7-15-8-2-14-5-11-17-12-6-14/h3-6,9-12H/q-1. The number of halogens is 1. The molecule has 0 saturated carbocycles. The van der Waals surface area contributed by atoms with Crippen LogP contribution in [0.5, 0.6) is 0 Å². The van der Waals surface area contributed by atoms with Crippen LogP contribution in [0.15, 0.2) is 49.1 Å². The van der Waals surface area contributed by atoms with Gasteiger partial charge < -0.3 is 0 Å². The number of rotatable bonds is 0. The van der Waals surface area contributed by atoms with E-state index in [-0.39, 0.29) is 21.2 Å². The molecular weight excluding hydrogens is 323 g/mol. The van der Waals surface area contributed by atoms with Gasteiger partial charge in [0.05, 0.1) is 0 Å². The first-order chi connectivity index (χ1) is 8.45. The van der Waals surface area contributed by atoms with Crippen molar-refractivity contribution in [3.8, 4) is 19.7 Å². The predicted molar refractivity (Wildman–Crippen MR) is 62.2 cm³/mol. The molecule has 0 aromatic carbocycles. The molecule has 0 aliphatic carbocycles. The summed E-state index contributed by atoms with van der Waals surface area (Å²) in [5, 5.41) is 0. The Bertz CT molecular complexity index is 531. The van der Waals surface area contributed by atoms with Crippen LogP contribution in [0.3, 0.4) is 0 Å². The molecule has 0 aliphatic heterocycles. The van der Waals surface area contributed by atoms with E-state index in [9.17, 15) is 0 Å². The van der Waals surface area contributed by atoms with Crippen LogP contribution in [0.25, 0.3) is 0 Å². The van der Waals surface area contributed by atoms with E-state index in [4.69, 9.17) is 0 Å². The fourth-order valence-electron chi connectivity index (χ4n) is 1.05. The van der Waals surface area contributed by atoms with Crippen molar-refractivity contribution in [2.45, 2.75) is 0 Å². The van der Waals surface area contributed by atoms with Crippen molar-refractivity contribution in [1.82, 2.24) is 9.97 Å². The zero-order valence-corrected chi connectivity index (χ0v) is 11.0. The van der Waals surface area contributed by atoms with Gasteiger partial charge >= 0.3 is 111 Å². The fraction of sp³-hybridized carbons (Fsp3) is 0. The van der Waals surface area contributed by atoms with Crippen molar-refractivity contribution < 1.29 is 21.2 Å². The summed E-state index contributed by atoms with van der Waals surface area (Å²) in [6, 6.07) is 7.58. The van der Waals surface area contributed by atoms with Crippen molar-refractivity contribution in [1.29, 1.82) is 0 Å². The molecule has 17 heavy (non-hydrogen) atoms. The summed E-state index contributed by atoms with van der Waals surface area (Å²) in [4.78, 5) is 7.87. The van der Waals surface area contributed by atoms with Gasteiger partial charge in [-0.1, -0.05) is 0 Å². The predicted octanol–water partition coefficient (Wildman–Crippen LogP) is -1.12. The van der Waals surface area contributed by atoms with Crippen molar-refractivity contribution in [3.05, 3.63) is 60.2 Å². The molecule has 0 unspecified atom stereocenters. The fourth-order valence-corrected chi connectivity index (χ4v) is 2.08. The summed E-state index contributed by atoms with van der Waals surface area (Å²) in [7, 11) is 0. The Morgan fingerprint density at radius 1 is 0.706 bits per heavy atom. The molecule has 2 aromatic heterocycles. The summed E-state index contributed by atoms with van der Waals surface area (Å²) < 4.78 is 6.23. The van der Waals surface area contributed by atoms with E-state index < -0.39 is 0 Å². The SMILES string of the molecule is C(#Cc1ccncc1)[I-]C#Cc1ccncc1. The van der Waals surface area contributed by atoms with Crippen LogP contribution in [0, 0.1) is 19.7 Å². The molecule has 2 heterocycles. The summed E-state index contributed by atoms with van der Waals surface area (Å²) in [5.74, 6) is 6.15. The Hall–Kier alpha value is -1.85. The molecule has 0 amide bonds. The van der Waals surface area contributed by atoms with Crippen molar-refractivity contribution in [3.63, 3.8) is 0 Å². The number of hydrogen-bond acceptors (Lipinski definition) is 2. The molecule has 2 rings (SSSR count). The summed E-state index contributed by atoms with van der Waals surface area (Å²) in [5.41, 5.74) is 1.98. The van der Waals surface area contributed by atoms with Gasteiger partial charge in [0, 0.05) is 0 Å². The van der Waals surface area contributed by atoms with Gasteiger partial charge in [-0.05, 0) is 0 Å². The maximum absolute atomic E-state index is 3.94. The summed E-state index contributed by atoms with van der Waals surface area (Å²) in [6.45, 7) is 0. The third kappa shape index (κ3) is 4.26. The molecule has 0 N–H and O–H groups in total. The Kier molecular flexibility index (Phi) is 4.56. The first kappa shape index (κ1) is 11.6. The van der Waals surface area contributed by atoms with Crippen molar-refractivity contribution in [2.24, 2.45) is 0 Å². The third-order valence-corrected chi connectivity index (χ3v) is 2.92. The van der Waals surface area contributed by atoms with E-state index in [1.165, 1.54) is 0 Å². The number of pyridine rings is 2. The second kappa shape index (κ2) is 6.67. The Morgan fingerprint density at radius 2 is 1.12 bits per heavy atom. The van der Waals surface area contributed by atoms with Crippen molar-refractivity contribution >= 4 is 0 Å². The minimum atomic E-state index is -0.390. The van der Waals surface area contributed by atoms with Gasteiger partial charge in [-0.25, -0.2) is 0 Å². The minimum absolute atomic E-state index is 0.390. The monoisotopic (exact) mass is 331 g/mol. The van der Waals surface area contributed by atoms with Crippen LogP contribution in [-0.4, -0.2) is 9.97 Å². The number of hydrogen-bond donors (Lipinski definition) is 0. The van der Waals surface area contributed by atoms with E-state index in [2.05, 4.69) is 29.7 Å². The van der Waals surface area contributed by atoms with Crippen LogP contribution in [-0.2, 0) is 0 Å². The first-order valence-electron chi connectivity index (χ1n) is 4.90. The number of nitrogens with zero attached hydrogens (tertiary/aromatic N) is 2. The van der Waals surface area contributed by atoms with Gasteiger partial charge in [-0.3, -0.25) is 0 Å². The topological polar surface area (TPSA) is 25.8 Å². The Morgan fingerprint density at radius 3 is 1.53 bits per heavy atom. The first-order valence-corrected chi connectivity index (χ1v) is 7.06. The van der Waals surface area contributed by atoms with E-state index in [0.717, 1.165) is 11.1 Å². The van der Waals surface area contributed by atoms with Crippen LogP contribution >= 0.6 is 0 Å². The molecule has 0 atom stereocenters. The Labute approximate surface area is 111 Å². The van der Waals surface area contributed by atoms with E-state index in [1.807, 2.05) is 24.3 Å². The molecule has 2 aromatic rings. The van der Waals surface area contributed by atoms with Crippen LogP contribution in [0.4, 0.5) is 0 Å². The van der Waals surface area contributed by atoms with E-state index in [1.54, 1.807) is 24.8 Å². The molecular formula is C14H8IN2-. The van der Waals surface area contributed by atoms with Crippen LogP contribution in [0.2, 0.25) is 0 Å². The average molecular weight is 331 g/mol. The quantitative estimate of drug-likeness (QED) is 0.452. The molecule has 0 radical (unpaired) electrons. The number of aromatic nitrogens is 2. The molecule has 0 aliphatic rings. The maximum atomic E-state index is 3.94. The molecule has 3 heteroatoms. The Balaban J connectivity index is 1.93. The van der Waals surface area contributed by atoms with Gasteiger partial charge in [0.25, 0.3) is 0 Å². The zero-order valence-electron chi connectivity index (χ0n) is 8.89. The second-order valence-electron chi connectivity index (χ2n) is 3.01. The van der Waals surface area contributed by atoms with Crippen LogP contribution in [0.1, 0.15) is 11.1 Å². The second-order valence-corrected chi connectivity index (χ2v) is 4.62. The molecule has 2 nitrogen and oxygen atoms in total. The van der Waals surface area contributed by atoms with Gasteiger partial charge in [-0.15, -0.1) is 0 Å². The van der Waals surface area contributed by atoms with Crippen LogP contribution < -0.4 is 21.2 Å². The summed E-state index contributed by atoms with van der Waals surface area (Å²) >= 11 is -0.390. The normalized spacial score (nSPS) is 8.71. The average Bonchev–Trinajstić information content (AvgIpc) is 2.41. The molecule has 0 spiro atoms. The van der Waals surface area contributed by atoms with Gasteiger partial charge in [0.2, 0.25) is 0 Å². The molecule has 0 fully saturated rings.